The van der Waals surface area contributed by atoms with Gasteiger partial charge in [0.1, 0.15) is 0 Å². The lowest BCUT2D eigenvalue weighted by Crippen LogP contribution is -2.02. The van der Waals surface area contributed by atoms with E-state index in [1.165, 1.54) is 25.0 Å². The molecular weight excluding hydrogens is 208 g/mol. The van der Waals surface area contributed by atoms with Gasteiger partial charge >= 0.3 is 0 Å². The van der Waals surface area contributed by atoms with Crippen LogP contribution >= 0.6 is 0 Å². The van der Waals surface area contributed by atoms with Crippen LogP contribution in [0.1, 0.15) is 37.6 Å². The van der Waals surface area contributed by atoms with Crippen LogP contribution in [0.25, 0.3) is 5.69 Å². The smallest absolute Gasteiger partial charge is 0.0648 e. The summed E-state index contributed by atoms with van der Waals surface area (Å²) in [5, 5.41) is 4.58. The van der Waals surface area contributed by atoms with Crippen molar-refractivity contribution in [3.8, 4) is 5.69 Å². The minimum Gasteiger partial charge on any atom is -0.238 e. The van der Waals surface area contributed by atoms with E-state index in [-0.39, 0.29) is 0 Å². The molecular formula is C15H20N2. The van der Waals surface area contributed by atoms with Crippen LogP contribution in [0, 0.1) is 6.92 Å². The average molecular weight is 228 g/mol. The summed E-state index contributed by atoms with van der Waals surface area (Å²) in [5.41, 5.74) is 3.58. The van der Waals surface area contributed by atoms with Crippen LogP contribution in [0.4, 0.5) is 0 Å². The molecule has 0 saturated heterocycles. The topological polar surface area (TPSA) is 17.8 Å². The maximum atomic E-state index is 4.58. The maximum absolute atomic E-state index is 4.58. The second kappa shape index (κ2) is 5.67. The van der Waals surface area contributed by atoms with Crippen molar-refractivity contribution >= 4 is 0 Å². The Balaban J connectivity index is 2.22. The number of aryl methyl sites for hydroxylation is 2. The Hall–Kier alpha value is -1.57. The summed E-state index contributed by atoms with van der Waals surface area (Å²) in [6.07, 6.45) is 4.91. The number of benzene rings is 1. The van der Waals surface area contributed by atoms with Gasteiger partial charge in [-0.05, 0) is 38.0 Å². The van der Waals surface area contributed by atoms with Crippen molar-refractivity contribution in [3.63, 3.8) is 0 Å². The molecule has 2 aromatic rings. The summed E-state index contributed by atoms with van der Waals surface area (Å²) < 4.78 is 2.07. The fourth-order valence-corrected chi connectivity index (χ4v) is 2.08. The summed E-state index contributed by atoms with van der Waals surface area (Å²) in [6, 6.07) is 12.6. The monoisotopic (exact) mass is 228 g/mol. The molecule has 0 aliphatic carbocycles. The predicted molar refractivity (Wildman–Crippen MR) is 71.5 cm³/mol. The number of unbranched alkanes of at least 4 members (excludes halogenated alkanes) is 2. The quantitative estimate of drug-likeness (QED) is 0.709. The van der Waals surface area contributed by atoms with E-state index in [1.807, 2.05) is 6.07 Å². The van der Waals surface area contributed by atoms with Crippen LogP contribution in [-0.4, -0.2) is 9.78 Å². The minimum atomic E-state index is 1.10. The van der Waals surface area contributed by atoms with Crippen molar-refractivity contribution in [3.05, 3.63) is 47.8 Å². The van der Waals surface area contributed by atoms with Crippen LogP contribution in [0.15, 0.2) is 36.4 Å². The third-order valence-corrected chi connectivity index (χ3v) is 2.94. The maximum Gasteiger partial charge on any atom is 0.0648 e. The van der Waals surface area contributed by atoms with Crippen LogP contribution in [-0.2, 0) is 6.42 Å². The van der Waals surface area contributed by atoms with Gasteiger partial charge in [0.2, 0.25) is 0 Å². The lowest BCUT2D eigenvalue weighted by Gasteiger charge is -2.06. The molecule has 0 atom stereocenters. The second-order valence-electron chi connectivity index (χ2n) is 4.48. The first kappa shape index (κ1) is 11.9. The highest BCUT2D eigenvalue weighted by Gasteiger charge is 2.06. The Kier molecular flexibility index (Phi) is 3.97. The molecule has 17 heavy (non-hydrogen) atoms. The predicted octanol–water partition coefficient (Wildman–Crippen LogP) is 3.91. The molecule has 0 saturated carbocycles. The molecule has 90 valence electrons. The molecule has 0 amide bonds. The van der Waals surface area contributed by atoms with E-state index < -0.39 is 0 Å². The molecule has 0 radical (unpaired) electrons. The van der Waals surface area contributed by atoms with Gasteiger partial charge in [-0.15, -0.1) is 0 Å². The third kappa shape index (κ3) is 2.96. The number of aromatic nitrogens is 2. The third-order valence-electron chi connectivity index (χ3n) is 2.94. The Labute approximate surface area is 103 Å². The van der Waals surface area contributed by atoms with E-state index in [2.05, 4.69) is 54.0 Å². The number of hydrogen-bond acceptors (Lipinski definition) is 1. The molecule has 0 fully saturated rings. The number of hydrogen-bond donors (Lipinski definition) is 0. The Bertz CT molecular complexity index is 457. The zero-order valence-corrected chi connectivity index (χ0v) is 10.7. The van der Waals surface area contributed by atoms with Gasteiger partial charge in [0, 0.05) is 5.69 Å². The van der Waals surface area contributed by atoms with E-state index >= 15 is 0 Å². The molecule has 1 aromatic carbocycles. The first-order valence-corrected chi connectivity index (χ1v) is 6.42. The molecule has 0 aliphatic heterocycles. The number of para-hydroxylation sites is 1. The van der Waals surface area contributed by atoms with E-state index in [0.717, 1.165) is 17.8 Å². The minimum absolute atomic E-state index is 1.10. The van der Waals surface area contributed by atoms with E-state index in [9.17, 15) is 0 Å². The Morgan fingerprint density at radius 1 is 1.12 bits per heavy atom. The van der Waals surface area contributed by atoms with Gasteiger partial charge in [-0.25, -0.2) is 4.68 Å². The molecule has 0 unspecified atom stereocenters. The SMILES string of the molecule is CCCCCc1cc(C)nn1-c1ccccc1. The highest BCUT2D eigenvalue weighted by molar-refractivity contribution is 5.33. The summed E-state index contributed by atoms with van der Waals surface area (Å²) in [4.78, 5) is 0. The number of rotatable bonds is 5. The summed E-state index contributed by atoms with van der Waals surface area (Å²) in [7, 11) is 0. The Morgan fingerprint density at radius 3 is 2.59 bits per heavy atom. The van der Waals surface area contributed by atoms with Crippen molar-refractivity contribution < 1.29 is 0 Å². The highest BCUT2D eigenvalue weighted by Crippen LogP contribution is 2.14. The van der Waals surface area contributed by atoms with Gasteiger partial charge in [-0.1, -0.05) is 38.0 Å². The normalized spacial score (nSPS) is 10.7. The summed E-state index contributed by atoms with van der Waals surface area (Å²) in [5.74, 6) is 0. The van der Waals surface area contributed by atoms with Gasteiger partial charge in [0.15, 0.2) is 0 Å². The summed E-state index contributed by atoms with van der Waals surface area (Å²) >= 11 is 0. The standard InChI is InChI=1S/C15H20N2/c1-3-4-6-11-15-12-13(2)16-17(15)14-9-7-5-8-10-14/h5,7-10,12H,3-4,6,11H2,1-2H3. The van der Waals surface area contributed by atoms with Crippen molar-refractivity contribution in [2.45, 2.75) is 39.5 Å². The molecule has 2 nitrogen and oxygen atoms in total. The lowest BCUT2D eigenvalue weighted by atomic mass is 10.1. The van der Waals surface area contributed by atoms with Gasteiger partial charge in [0.05, 0.1) is 11.4 Å². The lowest BCUT2D eigenvalue weighted by molar-refractivity contribution is 0.683. The average Bonchev–Trinajstić information content (AvgIpc) is 2.72. The first-order valence-electron chi connectivity index (χ1n) is 6.42. The van der Waals surface area contributed by atoms with E-state index in [4.69, 9.17) is 0 Å². The molecule has 0 spiro atoms. The van der Waals surface area contributed by atoms with E-state index in [1.54, 1.807) is 0 Å². The fraction of sp³-hybridized carbons (Fsp3) is 0.400. The highest BCUT2D eigenvalue weighted by atomic mass is 15.3. The van der Waals surface area contributed by atoms with Crippen LogP contribution in [0.5, 0.6) is 0 Å². The zero-order chi connectivity index (χ0) is 12.1. The molecule has 0 aliphatic rings. The van der Waals surface area contributed by atoms with Crippen LogP contribution in [0.2, 0.25) is 0 Å². The largest absolute Gasteiger partial charge is 0.238 e. The van der Waals surface area contributed by atoms with Gasteiger partial charge in [-0.3, -0.25) is 0 Å². The fourth-order valence-electron chi connectivity index (χ4n) is 2.08. The van der Waals surface area contributed by atoms with Gasteiger partial charge in [0.25, 0.3) is 0 Å². The number of nitrogens with zero attached hydrogens (tertiary/aromatic N) is 2. The molecule has 2 heteroatoms. The zero-order valence-electron chi connectivity index (χ0n) is 10.7. The van der Waals surface area contributed by atoms with Crippen molar-refractivity contribution in [1.29, 1.82) is 0 Å². The van der Waals surface area contributed by atoms with E-state index in [0.29, 0.717) is 0 Å². The molecule has 0 N–H and O–H groups in total. The van der Waals surface area contributed by atoms with Crippen LogP contribution in [0.3, 0.4) is 0 Å². The van der Waals surface area contributed by atoms with Crippen molar-refractivity contribution in [2.24, 2.45) is 0 Å². The first-order chi connectivity index (χ1) is 8.31. The molecule has 0 bridgehead atoms. The Morgan fingerprint density at radius 2 is 1.88 bits per heavy atom. The van der Waals surface area contributed by atoms with Crippen molar-refractivity contribution in [1.82, 2.24) is 9.78 Å². The van der Waals surface area contributed by atoms with Crippen molar-refractivity contribution in [2.75, 3.05) is 0 Å². The molecule has 1 heterocycles. The van der Waals surface area contributed by atoms with Crippen LogP contribution < -0.4 is 0 Å². The summed E-state index contributed by atoms with van der Waals surface area (Å²) in [6.45, 7) is 4.29. The van der Waals surface area contributed by atoms with Gasteiger partial charge in [-0.2, -0.15) is 5.10 Å². The van der Waals surface area contributed by atoms with Gasteiger partial charge < -0.3 is 0 Å². The second-order valence-corrected chi connectivity index (χ2v) is 4.48. The molecule has 1 aromatic heterocycles. The molecule has 2 rings (SSSR count).